The molecule has 0 radical (unpaired) electrons. The van der Waals surface area contributed by atoms with Crippen LogP contribution in [-0.2, 0) is 9.53 Å². The number of nitriles is 1. The number of esters is 1. The van der Waals surface area contributed by atoms with Crippen LogP contribution in [-0.4, -0.2) is 17.7 Å². The van der Waals surface area contributed by atoms with Crippen LogP contribution in [0.1, 0.15) is 49.4 Å². The highest BCUT2D eigenvalue weighted by Crippen LogP contribution is 2.30. The van der Waals surface area contributed by atoms with Gasteiger partial charge in [0, 0.05) is 5.69 Å². The van der Waals surface area contributed by atoms with Gasteiger partial charge in [-0.2, -0.15) is 5.26 Å². The lowest BCUT2D eigenvalue weighted by molar-refractivity contribution is -0.144. The van der Waals surface area contributed by atoms with E-state index < -0.39 is 12.0 Å². The third-order valence-corrected chi connectivity index (χ3v) is 3.85. The summed E-state index contributed by atoms with van der Waals surface area (Å²) < 4.78 is 5.19. The number of phenols is 1. The van der Waals surface area contributed by atoms with Crippen molar-refractivity contribution in [1.29, 1.82) is 5.26 Å². The van der Waals surface area contributed by atoms with Crippen molar-refractivity contribution in [3.05, 3.63) is 59.2 Å². The van der Waals surface area contributed by atoms with Gasteiger partial charge in [-0.05, 0) is 60.4 Å². The van der Waals surface area contributed by atoms with Gasteiger partial charge in [-0.3, -0.25) is 0 Å². The van der Waals surface area contributed by atoms with Crippen LogP contribution in [0.15, 0.2) is 42.5 Å². The zero-order valence-corrected chi connectivity index (χ0v) is 14.6. The third-order valence-electron chi connectivity index (χ3n) is 3.85. The molecule has 0 saturated carbocycles. The quantitative estimate of drug-likeness (QED) is 0.775. The van der Waals surface area contributed by atoms with E-state index in [4.69, 9.17) is 10.00 Å². The van der Waals surface area contributed by atoms with Crippen molar-refractivity contribution in [2.45, 2.75) is 32.7 Å². The maximum atomic E-state index is 12.4. The summed E-state index contributed by atoms with van der Waals surface area (Å²) in [5.41, 5.74) is 2.74. The molecule has 1 unspecified atom stereocenters. The average Bonchev–Trinajstić information content (AvgIpc) is 2.60. The van der Waals surface area contributed by atoms with Gasteiger partial charge in [0.05, 0.1) is 18.2 Å². The van der Waals surface area contributed by atoms with Gasteiger partial charge in [0.2, 0.25) is 0 Å². The van der Waals surface area contributed by atoms with E-state index in [1.165, 1.54) is 0 Å². The summed E-state index contributed by atoms with van der Waals surface area (Å²) in [5.74, 6) is -0.0651. The Balaban J connectivity index is 2.37. The fourth-order valence-electron chi connectivity index (χ4n) is 2.53. The Labute approximate surface area is 147 Å². The van der Waals surface area contributed by atoms with E-state index in [0.29, 0.717) is 16.8 Å². The van der Waals surface area contributed by atoms with E-state index in [-0.39, 0.29) is 18.3 Å². The van der Waals surface area contributed by atoms with Crippen LogP contribution < -0.4 is 5.32 Å². The van der Waals surface area contributed by atoms with E-state index >= 15 is 0 Å². The van der Waals surface area contributed by atoms with Crippen LogP contribution in [0.25, 0.3) is 0 Å². The Morgan fingerprint density at radius 1 is 1.24 bits per heavy atom. The van der Waals surface area contributed by atoms with Crippen molar-refractivity contribution in [3.63, 3.8) is 0 Å². The number of nitrogens with zero attached hydrogens (tertiary/aromatic N) is 1. The first kappa shape index (κ1) is 18.3. The Kier molecular flexibility index (Phi) is 6.02. The molecule has 25 heavy (non-hydrogen) atoms. The van der Waals surface area contributed by atoms with Crippen LogP contribution in [0.2, 0.25) is 0 Å². The van der Waals surface area contributed by atoms with Gasteiger partial charge in [0.25, 0.3) is 0 Å². The van der Waals surface area contributed by atoms with Crippen molar-refractivity contribution in [1.82, 2.24) is 0 Å². The van der Waals surface area contributed by atoms with Crippen LogP contribution in [0.3, 0.4) is 0 Å². The van der Waals surface area contributed by atoms with Crippen LogP contribution in [0.5, 0.6) is 5.75 Å². The largest absolute Gasteiger partial charge is 0.508 e. The minimum atomic E-state index is -0.703. The minimum Gasteiger partial charge on any atom is -0.508 e. The standard InChI is InChI=1S/C20H22N2O3/c1-4-25-20(24)19(22-16-8-5-14(12-21)6-9-16)15-7-10-18(23)17(11-15)13(2)3/h5-11,13,19,22-23H,4H2,1-3H3. The maximum absolute atomic E-state index is 12.4. The smallest absolute Gasteiger partial charge is 0.333 e. The Morgan fingerprint density at radius 3 is 2.48 bits per heavy atom. The summed E-state index contributed by atoms with van der Waals surface area (Å²) in [6.07, 6.45) is 0. The monoisotopic (exact) mass is 338 g/mol. The molecule has 0 bridgehead atoms. The Hall–Kier alpha value is -3.00. The van der Waals surface area contributed by atoms with Gasteiger partial charge in [-0.1, -0.05) is 19.9 Å². The van der Waals surface area contributed by atoms with E-state index in [9.17, 15) is 9.90 Å². The minimum absolute atomic E-state index is 0.123. The van der Waals surface area contributed by atoms with E-state index in [1.807, 2.05) is 19.9 Å². The Bertz CT molecular complexity index is 777. The highest BCUT2D eigenvalue weighted by atomic mass is 16.5. The number of phenolic OH excluding ortho intramolecular Hbond substituents is 1. The molecule has 0 heterocycles. The lowest BCUT2D eigenvalue weighted by Gasteiger charge is -2.20. The summed E-state index contributed by atoms with van der Waals surface area (Å²) in [6.45, 7) is 5.99. The molecular formula is C20H22N2O3. The molecule has 2 aromatic carbocycles. The van der Waals surface area contributed by atoms with Gasteiger partial charge in [-0.25, -0.2) is 4.79 Å². The van der Waals surface area contributed by atoms with Crippen molar-refractivity contribution >= 4 is 11.7 Å². The van der Waals surface area contributed by atoms with E-state index in [1.54, 1.807) is 43.3 Å². The van der Waals surface area contributed by atoms with Crippen LogP contribution in [0.4, 0.5) is 5.69 Å². The topological polar surface area (TPSA) is 82.3 Å². The summed E-state index contributed by atoms with van der Waals surface area (Å²) in [5, 5.41) is 22.0. The van der Waals surface area contributed by atoms with Crippen LogP contribution >= 0.6 is 0 Å². The highest BCUT2D eigenvalue weighted by molar-refractivity contribution is 5.81. The zero-order valence-electron chi connectivity index (χ0n) is 14.6. The van der Waals surface area contributed by atoms with Crippen LogP contribution in [0, 0.1) is 11.3 Å². The molecule has 0 spiro atoms. The number of carbonyl (C=O) groups is 1. The highest BCUT2D eigenvalue weighted by Gasteiger charge is 2.23. The molecule has 0 fully saturated rings. The predicted octanol–water partition coefficient (Wildman–Crippen LogP) is 4.10. The van der Waals surface area contributed by atoms with Gasteiger partial charge < -0.3 is 15.2 Å². The number of anilines is 1. The average molecular weight is 338 g/mol. The second-order valence-electron chi connectivity index (χ2n) is 5.99. The van der Waals surface area contributed by atoms with Gasteiger partial charge in [0.1, 0.15) is 5.75 Å². The maximum Gasteiger partial charge on any atom is 0.333 e. The number of hydrogen-bond donors (Lipinski definition) is 2. The molecule has 130 valence electrons. The molecule has 0 amide bonds. The fourth-order valence-corrected chi connectivity index (χ4v) is 2.53. The SMILES string of the molecule is CCOC(=O)C(Nc1ccc(C#N)cc1)c1ccc(O)c(C(C)C)c1. The summed E-state index contributed by atoms with van der Waals surface area (Å²) >= 11 is 0. The molecule has 2 rings (SSSR count). The van der Waals surface area contributed by atoms with E-state index in [2.05, 4.69) is 11.4 Å². The molecule has 2 aromatic rings. The third kappa shape index (κ3) is 4.51. The van der Waals surface area contributed by atoms with Gasteiger partial charge in [0.15, 0.2) is 6.04 Å². The first-order valence-electron chi connectivity index (χ1n) is 8.22. The van der Waals surface area contributed by atoms with Crippen molar-refractivity contribution in [2.75, 3.05) is 11.9 Å². The number of rotatable bonds is 6. The molecule has 0 saturated heterocycles. The molecule has 0 aliphatic carbocycles. The number of aromatic hydroxyl groups is 1. The second kappa shape index (κ2) is 8.20. The molecule has 0 aromatic heterocycles. The number of hydrogen-bond acceptors (Lipinski definition) is 5. The summed E-state index contributed by atoms with van der Waals surface area (Å²) in [4.78, 5) is 12.4. The first-order chi connectivity index (χ1) is 12.0. The molecular weight excluding hydrogens is 316 g/mol. The number of ether oxygens (including phenoxy) is 1. The number of nitrogens with one attached hydrogen (secondary N) is 1. The zero-order chi connectivity index (χ0) is 18.4. The van der Waals surface area contributed by atoms with Gasteiger partial charge >= 0.3 is 5.97 Å². The fraction of sp³-hybridized carbons (Fsp3) is 0.300. The predicted molar refractivity (Wildman–Crippen MR) is 96.3 cm³/mol. The lowest BCUT2D eigenvalue weighted by atomic mass is 9.96. The second-order valence-corrected chi connectivity index (χ2v) is 5.99. The van der Waals surface area contributed by atoms with Gasteiger partial charge in [-0.15, -0.1) is 0 Å². The molecule has 5 nitrogen and oxygen atoms in total. The Morgan fingerprint density at radius 2 is 1.92 bits per heavy atom. The normalized spacial score (nSPS) is 11.6. The van der Waals surface area contributed by atoms with Crippen molar-refractivity contribution in [2.24, 2.45) is 0 Å². The molecule has 0 aliphatic rings. The molecule has 5 heteroatoms. The molecule has 1 atom stereocenters. The molecule has 2 N–H and O–H groups in total. The molecule has 0 aliphatic heterocycles. The van der Waals surface area contributed by atoms with Crippen molar-refractivity contribution < 1.29 is 14.6 Å². The van der Waals surface area contributed by atoms with E-state index in [0.717, 1.165) is 5.56 Å². The summed E-state index contributed by atoms with van der Waals surface area (Å²) in [7, 11) is 0. The first-order valence-corrected chi connectivity index (χ1v) is 8.22. The lowest BCUT2D eigenvalue weighted by Crippen LogP contribution is -2.23. The van der Waals surface area contributed by atoms with Crippen molar-refractivity contribution in [3.8, 4) is 11.8 Å². The number of carbonyl (C=O) groups excluding carboxylic acids is 1. The summed E-state index contributed by atoms with van der Waals surface area (Å²) in [6, 6.07) is 13.3. The number of benzene rings is 2.